The topological polar surface area (TPSA) is 87.3 Å². The molecule has 2 aromatic rings. The first-order valence-corrected chi connectivity index (χ1v) is 5.20. The molecule has 6 heteroatoms. The number of halogens is 1. The molecule has 90 valence electrons. The number of nitrogens with zero attached hydrogens (tertiary/aromatic N) is 2. The Labute approximate surface area is 97.2 Å². The van der Waals surface area contributed by atoms with Crippen LogP contribution in [0.25, 0.3) is 11.0 Å². The van der Waals surface area contributed by atoms with Crippen LogP contribution in [0.1, 0.15) is 31.2 Å². The fraction of sp³-hybridized carbons (Fsp3) is 0.273. The number of nitrogens with two attached hydrogens (primary N) is 1. The van der Waals surface area contributed by atoms with E-state index in [0.717, 1.165) is 5.82 Å². The Bertz CT molecular complexity index is 588. The number of amidine groups is 1. The third-order valence-corrected chi connectivity index (χ3v) is 2.53. The van der Waals surface area contributed by atoms with Gasteiger partial charge in [-0.2, -0.15) is 0 Å². The maximum atomic E-state index is 13.6. The van der Waals surface area contributed by atoms with Crippen LogP contribution in [0.5, 0.6) is 0 Å². The average molecular weight is 236 g/mol. The molecular formula is C11H13FN4O. The zero-order chi connectivity index (χ0) is 12.6. The average Bonchev–Trinajstić information content (AvgIpc) is 2.72. The van der Waals surface area contributed by atoms with Gasteiger partial charge in [-0.05, 0) is 12.1 Å². The van der Waals surface area contributed by atoms with Crippen molar-refractivity contribution in [1.82, 2.24) is 9.97 Å². The van der Waals surface area contributed by atoms with E-state index in [-0.39, 0.29) is 17.3 Å². The molecule has 1 aromatic heterocycles. The summed E-state index contributed by atoms with van der Waals surface area (Å²) in [7, 11) is 0. The molecule has 0 fully saturated rings. The van der Waals surface area contributed by atoms with Gasteiger partial charge >= 0.3 is 0 Å². The lowest BCUT2D eigenvalue weighted by Crippen LogP contribution is -2.15. The molecule has 1 aromatic carbocycles. The normalized spacial score (nSPS) is 12.6. The van der Waals surface area contributed by atoms with E-state index in [1.165, 1.54) is 6.07 Å². The zero-order valence-corrected chi connectivity index (χ0v) is 9.53. The maximum absolute atomic E-state index is 13.6. The molecule has 0 aliphatic rings. The number of aromatic amines is 1. The Morgan fingerprint density at radius 3 is 2.82 bits per heavy atom. The fourth-order valence-electron chi connectivity index (χ4n) is 1.64. The summed E-state index contributed by atoms with van der Waals surface area (Å²) >= 11 is 0. The monoisotopic (exact) mass is 236 g/mol. The minimum atomic E-state index is -0.561. The number of aromatic nitrogens is 2. The highest BCUT2D eigenvalue weighted by molar-refractivity contribution is 6.07. The van der Waals surface area contributed by atoms with Crippen LogP contribution in [0.2, 0.25) is 0 Å². The first-order valence-electron chi connectivity index (χ1n) is 5.20. The van der Waals surface area contributed by atoms with E-state index in [1.807, 2.05) is 13.8 Å². The van der Waals surface area contributed by atoms with Crippen molar-refractivity contribution >= 4 is 16.9 Å². The van der Waals surface area contributed by atoms with Crippen LogP contribution < -0.4 is 5.73 Å². The molecule has 0 bridgehead atoms. The van der Waals surface area contributed by atoms with E-state index in [2.05, 4.69) is 15.1 Å². The number of rotatable bonds is 2. The Kier molecular flexibility index (Phi) is 2.71. The molecule has 2 rings (SSSR count). The van der Waals surface area contributed by atoms with Gasteiger partial charge < -0.3 is 15.9 Å². The number of imidazole rings is 1. The van der Waals surface area contributed by atoms with Crippen LogP contribution in [0.15, 0.2) is 17.3 Å². The summed E-state index contributed by atoms with van der Waals surface area (Å²) < 4.78 is 13.6. The van der Waals surface area contributed by atoms with Crippen molar-refractivity contribution in [1.29, 1.82) is 0 Å². The second-order valence-corrected chi connectivity index (χ2v) is 4.08. The van der Waals surface area contributed by atoms with Crippen LogP contribution in [0, 0.1) is 5.82 Å². The zero-order valence-electron chi connectivity index (χ0n) is 9.53. The number of nitrogens with one attached hydrogen (secondary N) is 1. The summed E-state index contributed by atoms with van der Waals surface area (Å²) in [6.07, 6.45) is 0. The van der Waals surface area contributed by atoms with Crippen molar-refractivity contribution < 1.29 is 9.60 Å². The van der Waals surface area contributed by atoms with Crippen molar-refractivity contribution in [2.75, 3.05) is 0 Å². The van der Waals surface area contributed by atoms with Gasteiger partial charge in [0.2, 0.25) is 0 Å². The predicted molar refractivity (Wildman–Crippen MR) is 62.7 cm³/mol. The van der Waals surface area contributed by atoms with E-state index in [1.54, 1.807) is 6.07 Å². The van der Waals surface area contributed by atoms with E-state index in [0.29, 0.717) is 11.0 Å². The fourth-order valence-corrected chi connectivity index (χ4v) is 1.64. The number of hydrogen-bond acceptors (Lipinski definition) is 3. The predicted octanol–water partition coefficient (Wildman–Crippen LogP) is 1.92. The SMILES string of the molecule is CC(C)c1nc2c(/C(N)=N/O)c(F)ccc2[nH]1. The Morgan fingerprint density at radius 1 is 1.53 bits per heavy atom. The highest BCUT2D eigenvalue weighted by atomic mass is 19.1. The number of benzene rings is 1. The lowest BCUT2D eigenvalue weighted by atomic mass is 10.1. The standard InChI is InChI=1S/C11H13FN4O/c1-5(2)11-14-7-4-3-6(12)8(9(7)15-11)10(13)16-17/h3-5,17H,1-2H3,(H2,13,16)(H,14,15). The quantitative estimate of drug-likeness (QED) is 0.322. The Morgan fingerprint density at radius 2 is 2.24 bits per heavy atom. The van der Waals surface area contributed by atoms with Gasteiger partial charge in [-0.15, -0.1) is 0 Å². The Hall–Kier alpha value is -2.11. The minimum absolute atomic E-state index is 0.0214. The molecule has 0 atom stereocenters. The first-order chi connectivity index (χ1) is 8.04. The molecule has 0 amide bonds. The highest BCUT2D eigenvalue weighted by Crippen LogP contribution is 2.22. The van der Waals surface area contributed by atoms with Crippen LogP contribution >= 0.6 is 0 Å². The molecule has 0 aliphatic heterocycles. The summed E-state index contributed by atoms with van der Waals surface area (Å²) in [4.78, 5) is 7.35. The number of hydrogen-bond donors (Lipinski definition) is 3. The van der Waals surface area contributed by atoms with E-state index in [4.69, 9.17) is 10.9 Å². The van der Waals surface area contributed by atoms with Crippen molar-refractivity contribution in [3.8, 4) is 0 Å². The highest BCUT2D eigenvalue weighted by Gasteiger charge is 2.16. The van der Waals surface area contributed by atoms with Crippen LogP contribution in [-0.4, -0.2) is 21.0 Å². The third-order valence-electron chi connectivity index (χ3n) is 2.53. The minimum Gasteiger partial charge on any atom is -0.409 e. The van der Waals surface area contributed by atoms with Crippen molar-refractivity contribution in [2.24, 2.45) is 10.9 Å². The number of H-pyrrole nitrogens is 1. The molecule has 0 unspecified atom stereocenters. The van der Waals surface area contributed by atoms with Gasteiger partial charge in [0, 0.05) is 5.92 Å². The molecule has 4 N–H and O–H groups in total. The van der Waals surface area contributed by atoms with E-state index in [9.17, 15) is 4.39 Å². The van der Waals surface area contributed by atoms with E-state index >= 15 is 0 Å². The summed E-state index contributed by atoms with van der Waals surface area (Å²) in [5.41, 5.74) is 6.52. The summed E-state index contributed by atoms with van der Waals surface area (Å²) in [5.74, 6) is 0.0766. The summed E-state index contributed by atoms with van der Waals surface area (Å²) in [5, 5.41) is 11.5. The molecule has 0 saturated heterocycles. The van der Waals surface area contributed by atoms with Crippen molar-refractivity contribution in [3.05, 3.63) is 29.3 Å². The molecule has 0 spiro atoms. The third kappa shape index (κ3) is 1.82. The summed E-state index contributed by atoms with van der Waals surface area (Å²) in [6, 6.07) is 2.84. The lowest BCUT2D eigenvalue weighted by molar-refractivity contribution is 0.318. The molecule has 0 radical (unpaired) electrons. The van der Waals surface area contributed by atoms with Crippen molar-refractivity contribution in [2.45, 2.75) is 19.8 Å². The summed E-state index contributed by atoms with van der Waals surface area (Å²) in [6.45, 7) is 3.94. The molecule has 0 saturated carbocycles. The van der Waals surface area contributed by atoms with Gasteiger partial charge in [-0.3, -0.25) is 0 Å². The van der Waals surface area contributed by atoms with Gasteiger partial charge in [0.25, 0.3) is 0 Å². The molecule has 17 heavy (non-hydrogen) atoms. The smallest absolute Gasteiger partial charge is 0.175 e. The van der Waals surface area contributed by atoms with Gasteiger partial charge in [-0.1, -0.05) is 19.0 Å². The maximum Gasteiger partial charge on any atom is 0.175 e. The first kappa shape index (κ1) is 11.4. The van der Waals surface area contributed by atoms with Gasteiger partial charge in [0.15, 0.2) is 5.84 Å². The lowest BCUT2D eigenvalue weighted by Gasteiger charge is -2.01. The number of fused-ring (bicyclic) bond motifs is 1. The van der Waals surface area contributed by atoms with Gasteiger partial charge in [0.1, 0.15) is 17.2 Å². The van der Waals surface area contributed by atoms with E-state index < -0.39 is 5.82 Å². The van der Waals surface area contributed by atoms with Crippen molar-refractivity contribution in [3.63, 3.8) is 0 Å². The largest absolute Gasteiger partial charge is 0.409 e. The molecule has 0 aliphatic carbocycles. The van der Waals surface area contributed by atoms with Crippen LogP contribution in [0.3, 0.4) is 0 Å². The second kappa shape index (κ2) is 4.04. The molecular weight excluding hydrogens is 223 g/mol. The number of oxime groups is 1. The molecule has 5 nitrogen and oxygen atoms in total. The van der Waals surface area contributed by atoms with Crippen LogP contribution in [0.4, 0.5) is 4.39 Å². The Balaban J connectivity index is 2.76. The molecule has 1 heterocycles. The van der Waals surface area contributed by atoms with Crippen LogP contribution in [-0.2, 0) is 0 Å². The van der Waals surface area contributed by atoms with Gasteiger partial charge in [0.05, 0.1) is 11.1 Å². The van der Waals surface area contributed by atoms with Gasteiger partial charge in [-0.25, -0.2) is 9.37 Å². The second-order valence-electron chi connectivity index (χ2n) is 4.08.